The Kier molecular flexibility index (Phi) is 7.25. The molecule has 2 rings (SSSR count). The van der Waals surface area contributed by atoms with Gasteiger partial charge in [-0.2, -0.15) is 0 Å². The van der Waals surface area contributed by atoms with Gasteiger partial charge in [-0.15, -0.1) is 0 Å². The van der Waals surface area contributed by atoms with Gasteiger partial charge >= 0.3 is 0 Å². The summed E-state index contributed by atoms with van der Waals surface area (Å²) in [7, 11) is 1.59. The molecule has 0 aliphatic heterocycles. The van der Waals surface area contributed by atoms with Crippen LogP contribution >= 0.6 is 0 Å². The van der Waals surface area contributed by atoms with Crippen LogP contribution in [0.25, 0.3) is 0 Å². The predicted octanol–water partition coefficient (Wildman–Crippen LogP) is 3.03. The third kappa shape index (κ3) is 5.61. The zero-order valence-corrected chi connectivity index (χ0v) is 16.5. The number of carbonyl (C=O) groups is 2. The van der Waals surface area contributed by atoms with Gasteiger partial charge in [-0.25, -0.2) is 13.8 Å². The molecule has 0 aliphatic carbocycles. The van der Waals surface area contributed by atoms with Crippen molar-refractivity contribution in [2.75, 3.05) is 13.6 Å². The second-order valence-corrected chi connectivity index (χ2v) is 6.90. The molecule has 2 amide bonds. The molecule has 6 nitrogen and oxygen atoms in total. The highest BCUT2D eigenvalue weighted by Gasteiger charge is 2.20. The molecule has 0 radical (unpaired) electrons. The number of hydrogen-bond donors (Lipinski definition) is 1. The van der Waals surface area contributed by atoms with Gasteiger partial charge in [0.25, 0.3) is 5.91 Å². The van der Waals surface area contributed by atoms with Crippen molar-refractivity contribution in [2.24, 2.45) is 0 Å². The number of nitrogens with one attached hydrogen (secondary N) is 1. The summed E-state index contributed by atoms with van der Waals surface area (Å²) in [6.45, 7) is 5.39. The van der Waals surface area contributed by atoms with Crippen LogP contribution in [0.3, 0.4) is 0 Å². The van der Waals surface area contributed by atoms with E-state index in [4.69, 9.17) is 4.42 Å². The maximum atomic E-state index is 13.9. The van der Waals surface area contributed by atoms with Crippen LogP contribution in [0.2, 0.25) is 0 Å². The van der Waals surface area contributed by atoms with E-state index in [-0.39, 0.29) is 41.7 Å². The topological polar surface area (TPSA) is 75.4 Å². The van der Waals surface area contributed by atoms with E-state index < -0.39 is 17.5 Å². The van der Waals surface area contributed by atoms with Gasteiger partial charge in [0.2, 0.25) is 5.91 Å². The van der Waals surface area contributed by atoms with Crippen LogP contribution in [0.15, 0.2) is 22.8 Å². The molecule has 1 unspecified atom stereocenters. The summed E-state index contributed by atoms with van der Waals surface area (Å²) in [4.78, 5) is 30.1. The highest BCUT2D eigenvalue weighted by Crippen LogP contribution is 2.15. The minimum absolute atomic E-state index is 0.0109. The molecule has 0 saturated heterocycles. The second kappa shape index (κ2) is 9.43. The van der Waals surface area contributed by atoms with Gasteiger partial charge in [0.15, 0.2) is 11.6 Å². The summed E-state index contributed by atoms with van der Waals surface area (Å²) in [5.41, 5.74) is 0.384. The molecule has 0 fully saturated rings. The molecule has 1 N–H and O–H groups in total. The predicted molar refractivity (Wildman–Crippen MR) is 99.9 cm³/mol. The fourth-order valence-corrected chi connectivity index (χ4v) is 2.79. The first kappa shape index (κ1) is 21.5. The van der Waals surface area contributed by atoms with Crippen molar-refractivity contribution in [1.29, 1.82) is 0 Å². The first-order valence-electron chi connectivity index (χ1n) is 9.15. The summed E-state index contributed by atoms with van der Waals surface area (Å²) in [5, 5.41) is 2.69. The van der Waals surface area contributed by atoms with Gasteiger partial charge in [0.05, 0.1) is 6.42 Å². The Morgan fingerprint density at radius 3 is 2.68 bits per heavy atom. The standard InChI is InChI=1S/C20H25F2N3O3/c1-5-6-19-24-17(11-28-19)20(27)25(4)10-13(3)23-18(26)9-14-8-15(21)12(2)7-16(14)22/h7-8,11,13H,5-6,9-10H2,1-4H3,(H,23,26). The van der Waals surface area contributed by atoms with E-state index in [1.807, 2.05) is 6.92 Å². The van der Waals surface area contributed by atoms with Gasteiger partial charge in [-0.05, 0) is 38.0 Å². The van der Waals surface area contributed by atoms with Gasteiger partial charge in [0.1, 0.15) is 17.9 Å². The first-order valence-corrected chi connectivity index (χ1v) is 9.15. The van der Waals surface area contributed by atoms with Gasteiger partial charge in [-0.1, -0.05) is 6.92 Å². The molecule has 1 aromatic carbocycles. The van der Waals surface area contributed by atoms with Gasteiger partial charge in [0, 0.05) is 31.6 Å². The Labute approximate surface area is 162 Å². The number of halogens is 2. The molecule has 2 aromatic rings. The lowest BCUT2D eigenvalue weighted by molar-refractivity contribution is -0.121. The Bertz CT molecular complexity index is 851. The molecule has 0 spiro atoms. The molecule has 1 heterocycles. The van der Waals surface area contributed by atoms with Crippen molar-refractivity contribution in [1.82, 2.24) is 15.2 Å². The summed E-state index contributed by atoms with van der Waals surface area (Å²) >= 11 is 0. The second-order valence-electron chi connectivity index (χ2n) is 6.90. The van der Waals surface area contributed by atoms with Crippen LogP contribution in [0, 0.1) is 18.6 Å². The van der Waals surface area contributed by atoms with Crippen molar-refractivity contribution in [2.45, 2.75) is 46.1 Å². The van der Waals surface area contributed by atoms with Crippen molar-refractivity contribution in [3.05, 3.63) is 52.7 Å². The van der Waals surface area contributed by atoms with E-state index in [0.29, 0.717) is 12.3 Å². The Hall–Kier alpha value is -2.77. The van der Waals surface area contributed by atoms with E-state index in [2.05, 4.69) is 10.3 Å². The highest BCUT2D eigenvalue weighted by atomic mass is 19.1. The summed E-state index contributed by atoms with van der Waals surface area (Å²) in [6.07, 6.45) is 2.55. The van der Waals surface area contributed by atoms with E-state index in [1.54, 1.807) is 14.0 Å². The Balaban J connectivity index is 1.89. The van der Waals surface area contributed by atoms with Crippen LogP contribution in [-0.4, -0.2) is 41.3 Å². The molecule has 1 aromatic heterocycles. The average molecular weight is 393 g/mol. The summed E-state index contributed by atoms with van der Waals surface area (Å²) in [5.74, 6) is -1.45. The molecular weight excluding hydrogens is 368 g/mol. The fraction of sp³-hybridized carbons (Fsp3) is 0.450. The third-order valence-electron chi connectivity index (χ3n) is 4.22. The highest BCUT2D eigenvalue weighted by molar-refractivity contribution is 5.91. The number of oxazole rings is 1. The maximum Gasteiger partial charge on any atom is 0.275 e. The normalized spacial score (nSPS) is 11.9. The monoisotopic (exact) mass is 393 g/mol. The van der Waals surface area contributed by atoms with E-state index >= 15 is 0 Å². The number of benzene rings is 1. The minimum atomic E-state index is -0.622. The Morgan fingerprint density at radius 2 is 2.00 bits per heavy atom. The average Bonchev–Trinajstić information content (AvgIpc) is 3.07. The minimum Gasteiger partial charge on any atom is -0.448 e. The summed E-state index contributed by atoms with van der Waals surface area (Å²) < 4.78 is 32.7. The SMILES string of the molecule is CCCc1nc(C(=O)N(C)CC(C)NC(=O)Cc2cc(F)c(C)cc2F)co1. The molecule has 0 aliphatic rings. The fourth-order valence-electron chi connectivity index (χ4n) is 2.79. The zero-order chi connectivity index (χ0) is 20.8. The first-order chi connectivity index (χ1) is 13.2. The van der Waals surface area contributed by atoms with Crippen LogP contribution in [-0.2, 0) is 17.6 Å². The smallest absolute Gasteiger partial charge is 0.275 e. The lowest BCUT2D eigenvalue weighted by Crippen LogP contribution is -2.43. The number of hydrogen-bond acceptors (Lipinski definition) is 4. The Morgan fingerprint density at radius 1 is 1.29 bits per heavy atom. The largest absolute Gasteiger partial charge is 0.448 e. The maximum absolute atomic E-state index is 13.9. The van der Waals surface area contributed by atoms with Crippen LogP contribution in [0.1, 0.15) is 47.8 Å². The number of aromatic nitrogens is 1. The van der Waals surface area contributed by atoms with Crippen LogP contribution < -0.4 is 5.32 Å². The molecule has 28 heavy (non-hydrogen) atoms. The number of likely N-dealkylation sites (N-methyl/N-ethyl adjacent to an activating group) is 1. The van der Waals surface area contributed by atoms with Crippen molar-refractivity contribution < 1.29 is 22.8 Å². The van der Waals surface area contributed by atoms with Crippen molar-refractivity contribution in [3.8, 4) is 0 Å². The molecule has 152 valence electrons. The van der Waals surface area contributed by atoms with E-state index in [9.17, 15) is 18.4 Å². The van der Waals surface area contributed by atoms with Crippen LogP contribution in [0.4, 0.5) is 8.78 Å². The molecule has 8 heteroatoms. The van der Waals surface area contributed by atoms with Crippen LogP contribution in [0.5, 0.6) is 0 Å². The van der Waals surface area contributed by atoms with Gasteiger partial charge in [-0.3, -0.25) is 9.59 Å². The number of amides is 2. The molecule has 1 atom stereocenters. The lowest BCUT2D eigenvalue weighted by Gasteiger charge is -2.21. The number of carbonyl (C=O) groups excluding carboxylic acids is 2. The number of aryl methyl sites for hydroxylation is 2. The van der Waals surface area contributed by atoms with E-state index in [0.717, 1.165) is 18.6 Å². The molecule has 0 bridgehead atoms. The lowest BCUT2D eigenvalue weighted by atomic mass is 10.1. The zero-order valence-electron chi connectivity index (χ0n) is 16.5. The third-order valence-corrected chi connectivity index (χ3v) is 4.22. The number of nitrogens with zero attached hydrogens (tertiary/aromatic N) is 2. The number of rotatable bonds is 8. The van der Waals surface area contributed by atoms with Gasteiger partial charge < -0.3 is 14.6 Å². The quantitative estimate of drug-likeness (QED) is 0.748. The molecule has 0 saturated carbocycles. The molecular formula is C20H25F2N3O3. The van der Waals surface area contributed by atoms with Crippen molar-refractivity contribution in [3.63, 3.8) is 0 Å². The van der Waals surface area contributed by atoms with Crippen molar-refractivity contribution >= 4 is 11.8 Å². The summed E-state index contributed by atoms with van der Waals surface area (Å²) in [6, 6.07) is 1.71. The van der Waals surface area contributed by atoms with E-state index in [1.165, 1.54) is 18.1 Å².